The first-order chi connectivity index (χ1) is 7.65. The molecule has 1 aromatic rings. The number of hydrogen-bond acceptors (Lipinski definition) is 1. The lowest BCUT2D eigenvalue weighted by molar-refractivity contribution is 0.342. The second-order valence-corrected chi connectivity index (χ2v) is 4.98. The SMILES string of the molecule is CCCCC(Cc1ccccc1O)C(C)C. The summed E-state index contributed by atoms with van der Waals surface area (Å²) < 4.78 is 0. The van der Waals surface area contributed by atoms with Gasteiger partial charge in [-0.05, 0) is 36.3 Å². The maximum atomic E-state index is 9.77. The minimum absolute atomic E-state index is 0.449. The molecule has 1 aromatic carbocycles. The first kappa shape index (κ1) is 13.1. The van der Waals surface area contributed by atoms with Crippen LogP contribution < -0.4 is 0 Å². The standard InChI is InChI=1S/C15H24O/c1-4-5-8-13(12(2)3)11-14-9-6-7-10-15(14)16/h6-7,9-10,12-13,16H,4-5,8,11H2,1-3H3. The summed E-state index contributed by atoms with van der Waals surface area (Å²) in [6.45, 7) is 6.79. The summed E-state index contributed by atoms with van der Waals surface area (Å²) >= 11 is 0. The fourth-order valence-corrected chi connectivity index (χ4v) is 2.10. The molecule has 0 heterocycles. The summed E-state index contributed by atoms with van der Waals surface area (Å²) in [6.07, 6.45) is 4.81. The van der Waals surface area contributed by atoms with Gasteiger partial charge in [0, 0.05) is 0 Å². The zero-order valence-corrected chi connectivity index (χ0v) is 10.7. The van der Waals surface area contributed by atoms with Gasteiger partial charge in [-0.15, -0.1) is 0 Å². The third-order valence-electron chi connectivity index (χ3n) is 3.34. The lowest BCUT2D eigenvalue weighted by atomic mass is 9.85. The second-order valence-electron chi connectivity index (χ2n) is 4.98. The minimum Gasteiger partial charge on any atom is -0.508 e. The molecule has 0 amide bonds. The Bertz CT molecular complexity index is 304. The average molecular weight is 220 g/mol. The predicted octanol–water partition coefficient (Wildman–Crippen LogP) is 4.40. The van der Waals surface area contributed by atoms with Crippen molar-refractivity contribution in [3.8, 4) is 5.75 Å². The Balaban J connectivity index is 2.64. The van der Waals surface area contributed by atoms with Gasteiger partial charge in [-0.1, -0.05) is 51.8 Å². The summed E-state index contributed by atoms with van der Waals surface area (Å²) in [6, 6.07) is 7.71. The predicted molar refractivity (Wildman–Crippen MR) is 69.7 cm³/mol. The smallest absolute Gasteiger partial charge is 0.118 e. The van der Waals surface area contributed by atoms with Gasteiger partial charge in [0.05, 0.1) is 0 Å². The van der Waals surface area contributed by atoms with E-state index in [-0.39, 0.29) is 0 Å². The Hall–Kier alpha value is -0.980. The van der Waals surface area contributed by atoms with Crippen LogP contribution in [-0.4, -0.2) is 5.11 Å². The van der Waals surface area contributed by atoms with Gasteiger partial charge in [-0.2, -0.15) is 0 Å². The van der Waals surface area contributed by atoms with Crippen LogP contribution in [0.3, 0.4) is 0 Å². The molecule has 16 heavy (non-hydrogen) atoms. The molecule has 1 rings (SSSR count). The number of para-hydroxylation sites is 1. The zero-order chi connectivity index (χ0) is 12.0. The fraction of sp³-hybridized carbons (Fsp3) is 0.600. The van der Waals surface area contributed by atoms with Crippen molar-refractivity contribution in [1.29, 1.82) is 0 Å². The van der Waals surface area contributed by atoms with E-state index in [0.29, 0.717) is 17.6 Å². The van der Waals surface area contributed by atoms with Crippen molar-refractivity contribution in [2.45, 2.75) is 46.5 Å². The molecule has 0 aliphatic carbocycles. The van der Waals surface area contributed by atoms with E-state index in [1.54, 1.807) is 6.07 Å². The molecule has 0 aromatic heterocycles. The third-order valence-corrected chi connectivity index (χ3v) is 3.34. The maximum Gasteiger partial charge on any atom is 0.118 e. The zero-order valence-electron chi connectivity index (χ0n) is 10.7. The molecule has 0 aliphatic heterocycles. The van der Waals surface area contributed by atoms with Crippen LogP contribution >= 0.6 is 0 Å². The highest BCUT2D eigenvalue weighted by atomic mass is 16.3. The molecule has 0 saturated carbocycles. The largest absolute Gasteiger partial charge is 0.508 e. The highest BCUT2D eigenvalue weighted by Crippen LogP contribution is 2.26. The molecule has 0 aliphatic rings. The van der Waals surface area contributed by atoms with Gasteiger partial charge in [0.1, 0.15) is 5.75 Å². The number of phenolic OH excluding ortho intramolecular Hbond substituents is 1. The number of hydrogen-bond donors (Lipinski definition) is 1. The van der Waals surface area contributed by atoms with E-state index in [4.69, 9.17) is 0 Å². The highest BCUT2D eigenvalue weighted by Gasteiger charge is 2.15. The summed E-state index contributed by atoms with van der Waals surface area (Å²) in [5.41, 5.74) is 1.09. The molecule has 0 fully saturated rings. The van der Waals surface area contributed by atoms with E-state index >= 15 is 0 Å². The normalized spacial score (nSPS) is 13.0. The number of phenols is 1. The van der Waals surface area contributed by atoms with Crippen molar-refractivity contribution in [2.24, 2.45) is 11.8 Å². The Morgan fingerprint density at radius 3 is 2.44 bits per heavy atom. The van der Waals surface area contributed by atoms with Crippen molar-refractivity contribution in [2.75, 3.05) is 0 Å². The maximum absolute atomic E-state index is 9.77. The molecule has 1 unspecified atom stereocenters. The van der Waals surface area contributed by atoms with E-state index in [0.717, 1.165) is 12.0 Å². The number of benzene rings is 1. The fourth-order valence-electron chi connectivity index (χ4n) is 2.10. The molecule has 0 bridgehead atoms. The van der Waals surface area contributed by atoms with Crippen LogP contribution in [0.4, 0.5) is 0 Å². The summed E-state index contributed by atoms with van der Waals surface area (Å²) in [5.74, 6) is 1.82. The van der Waals surface area contributed by atoms with Crippen LogP contribution in [0.2, 0.25) is 0 Å². The van der Waals surface area contributed by atoms with Crippen molar-refractivity contribution in [1.82, 2.24) is 0 Å². The van der Waals surface area contributed by atoms with Gasteiger partial charge in [0.15, 0.2) is 0 Å². The average Bonchev–Trinajstić information content (AvgIpc) is 2.26. The molecule has 0 radical (unpaired) electrons. The van der Waals surface area contributed by atoms with Gasteiger partial charge in [-0.25, -0.2) is 0 Å². The molecular weight excluding hydrogens is 196 g/mol. The Labute approximate surface area is 99.5 Å². The monoisotopic (exact) mass is 220 g/mol. The van der Waals surface area contributed by atoms with Crippen LogP contribution in [0.15, 0.2) is 24.3 Å². The van der Waals surface area contributed by atoms with Gasteiger partial charge in [0.25, 0.3) is 0 Å². The Morgan fingerprint density at radius 2 is 1.88 bits per heavy atom. The molecule has 1 nitrogen and oxygen atoms in total. The first-order valence-corrected chi connectivity index (χ1v) is 6.42. The van der Waals surface area contributed by atoms with Crippen molar-refractivity contribution in [3.05, 3.63) is 29.8 Å². The van der Waals surface area contributed by atoms with Crippen LogP contribution in [0.25, 0.3) is 0 Å². The van der Waals surface area contributed by atoms with Gasteiger partial charge >= 0.3 is 0 Å². The molecule has 1 atom stereocenters. The van der Waals surface area contributed by atoms with E-state index < -0.39 is 0 Å². The third kappa shape index (κ3) is 3.88. The van der Waals surface area contributed by atoms with Crippen molar-refractivity contribution >= 4 is 0 Å². The Kier molecular flexibility index (Phi) is 5.37. The van der Waals surface area contributed by atoms with E-state index in [2.05, 4.69) is 20.8 Å². The first-order valence-electron chi connectivity index (χ1n) is 6.42. The molecule has 90 valence electrons. The van der Waals surface area contributed by atoms with Gasteiger partial charge in [-0.3, -0.25) is 0 Å². The lowest BCUT2D eigenvalue weighted by Gasteiger charge is -2.21. The summed E-state index contributed by atoms with van der Waals surface area (Å²) in [5, 5.41) is 9.77. The molecule has 1 heteroatoms. The van der Waals surface area contributed by atoms with Gasteiger partial charge < -0.3 is 5.11 Å². The highest BCUT2D eigenvalue weighted by molar-refractivity contribution is 5.32. The molecule has 1 N–H and O–H groups in total. The van der Waals surface area contributed by atoms with Gasteiger partial charge in [0.2, 0.25) is 0 Å². The number of aromatic hydroxyl groups is 1. The topological polar surface area (TPSA) is 20.2 Å². The summed E-state index contributed by atoms with van der Waals surface area (Å²) in [7, 11) is 0. The quantitative estimate of drug-likeness (QED) is 0.753. The number of unbranched alkanes of at least 4 members (excludes halogenated alkanes) is 1. The second kappa shape index (κ2) is 6.57. The van der Waals surface area contributed by atoms with Crippen LogP contribution in [0, 0.1) is 11.8 Å². The Morgan fingerprint density at radius 1 is 1.19 bits per heavy atom. The molecule has 0 saturated heterocycles. The van der Waals surface area contributed by atoms with Crippen LogP contribution in [0.5, 0.6) is 5.75 Å². The van der Waals surface area contributed by atoms with Crippen molar-refractivity contribution < 1.29 is 5.11 Å². The molecule has 0 spiro atoms. The van der Waals surface area contributed by atoms with E-state index in [1.807, 2.05) is 18.2 Å². The summed E-state index contributed by atoms with van der Waals surface area (Å²) in [4.78, 5) is 0. The lowest BCUT2D eigenvalue weighted by Crippen LogP contribution is -2.12. The molecular formula is C15H24O. The van der Waals surface area contributed by atoms with E-state index in [1.165, 1.54) is 19.3 Å². The van der Waals surface area contributed by atoms with Crippen molar-refractivity contribution in [3.63, 3.8) is 0 Å². The van der Waals surface area contributed by atoms with Crippen LogP contribution in [0.1, 0.15) is 45.6 Å². The van der Waals surface area contributed by atoms with Crippen LogP contribution in [-0.2, 0) is 6.42 Å². The number of rotatable bonds is 6. The van der Waals surface area contributed by atoms with E-state index in [9.17, 15) is 5.11 Å². The minimum atomic E-state index is 0.449.